The average molecular weight is 390 g/mol. The van der Waals surface area contributed by atoms with E-state index < -0.39 is 10.0 Å². The summed E-state index contributed by atoms with van der Waals surface area (Å²) in [6, 6.07) is 16.6. The first-order chi connectivity index (χ1) is 12.5. The van der Waals surface area contributed by atoms with Crippen LogP contribution in [0.15, 0.2) is 71.8 Å². The highest BCUT2D eigenvalue weighted by atomic mass is 35.5. The maximum absolute atomic E-state index is 12.3. The summed E-state index contributed by atoms with van der Waals surface area (Å²) in [6.07, 6.45) is 1.52. The normalized spacial score (nSPS) is 11.0. The van der Waals surface area contributed by atoms with Crippen LogP contribution in [0.3, 0.4) is 0 Å². The lowest BCUT2D eigenvalue weighted by atomic mass is 10.2. The molecule has 0 unspecified atom stereocenters. The highest BCUT2D eigenvalue weighted by Crippen LogP contribution is 2.30. The fraction of sp³-hybridized carbons (Fsp3) is 0.0556. The molecule has 0 amide bonds. The Morgan fingerprint density at radius 3 is 2.46 bits per heavy atom. The Morgan fingerprint density at radius 1 is 1.04 bits per heavy atom. The van der Waals surface area contributed by atoms with Gasteiger partial charge in [-0.1, -0.05) is 29.8 Å². The minimum absolute atomic E-state index is 0.174. The zero-order valence-electron chi connectivity index (χ0n) is 13.8. The van der Waals surface area contributed by atoms with Crippen LogP contribution in [0.25, 0.3) is 0 Å². The minimum Gasteiger partial charge on any atom is -0.495 e. The number of aromatic nitrogens is 1. The summed E-state index contributed by atoms with van der Waals surface area (Å²) in [5.41, 5.74) is 1.34. The van der Waals surface area contributed by atoms with E-state index in [1.54, 1.807) is 55.6 Å². The molecular formula is C18H16ClN3O3S. The molecule has 1 heterocycles. The highest BCUT2D eigenvalue weighted by Gasteiger charge is 2.14. The van der Waals surface area contributed by atoms with Crippen molar-refractivity contribution in [1.29, 1.82) is 0 Å². The zero-order chi connectivity index (χ0) is 18.6. The van der Waals surface area contributed by atoms with E-state index in [0.29, 0.717) is 22.1 Å². The van der Waals surface area contributed by atoms with Gasteiger partial charge >= 0.3 is 0 Å². The number of rotatable bonds is 6. The van der Waals surface area contributed by atoms with Crippen molar-refractivity contribution in [3.05, 3.63) is 71.9 Å². The van der Waals surface area contributed by atoms with Gasteiger partial charge in [-0.25, -0.2) is 13.4 Å². The van der Waals surface area contributed by atoms with Crippen molar-refractivity contribution in [2.45, 2.75) is 4.90 Å². The fourth-order valence-corrected chi connectivity index (χ4v) is 3.46. The zero-order valence-corrected chi connectivity index (χ0v) is 15.4. The molecule has 0 radical (unpaired) electrons. The number of pyridine rings is 1. The molecule has 3 rings (SSSR count). The molecule has 0 aliphatic carbocycles. The second-order valence-electron chi connectivity index (χ2n) is 5.32. The van der Waals surface area contributed by atoms with E-state index in [-0.39, 0.29) is 10.7 Å². The molecular weight excluding hydrogens is 374 g/mol. The molecule has 0 fully saturated rings. The van der Waals surface area contributed by atoms with Crippen LogP contribution in [-0.2, 0) is 10.0 Å². The van der Waals surface area contributed by atoms with Gasteiger partial charge in [0.05, 0.1) is 29.6 Å². The van der Waals surface area contributed by atoms with Crippen LogP contribution < -0.4 is 14.8 Å². The Bertz CT molecular complexity index is 994. The summed E-state index contributed by atoms with van der Waals surface area (Å²) >= 11 is 6.01. The molecule has 8 heteroatoms. The molecule has 0 atom stereocenters. The quantitative estimate of drug-likeness (QED) is 0.657. The average Bonchev–Trinajstić information content (AvgIpc) is 2.64. The summed E-state index contributed by atoms with van der Waals surface area (Å²) in [7, 11) is -2.11. The number of halogens is 1. The lowest BCUT2D eigenvalue weighted by Gasteiger charge is -2.12. The van der Waals surface area contributed by atoms with Gasteiger partial charge in [-0.3, -0.25) is 4.72 Å². The van der Waals surface area contributed by atoms with E-state index in [0.717, 1.165) is 0 Å². The van der Waals surface area contributed by atoms with E-state index in [9.17, 15) is 8.42 Å². The van der Waals surface area contributed by atoms with Crippen LogP contribution in [0.5, 0.6) is 5.75 Å². The van der Waals surface area contributed by atoms with Gasteiger partial charge in [0.15, 0.2) is 0 Å². The highest BCUT2D eigenvalue weighted by molar-refractivity contribution is 7.92. The van der Waals surface area contributed by atoms with Gasteiger partial charge in [0.1, 0.15) is 11.6 Å². The molecule has 0 aliphatic rings. The number of nitrogens with zero attached hydrogens (tertiary/aromatic N) is 1. The van der Waals surface area contributed by atoms with Crippen molar-refractivity contribution in [3.63, 3.8) is 0 Å². The molecule has 134 valence electrons. The van der Waals surface area contributed by atoms with Crippen molar-refractivity contribution in [1.82, 2.24) is 4.98 Å². The van der Waals surface area contributed by atoms with E-state index in [1.807, 2.05) is 0 Å². The standard InChI is InChI=1S/C18H16ClN3O3S/c1-25-17-9-7-13(19)11-16(17)21-14-8-10-18(20-12-14)22-26(23,24)15-5-3-2-4-6-15/h2-12,21H,1H3,(H,20,22). The number of benzene rings is 2. The first-order valence-electron chi connectivity index (χ1n) is 7.62. The third-order valence-corrected chi connectivity index (χ3v) is 5.10. The molecule has 1 aromatic heterocycles. The van der Waals surface area contributed by atoms with Crippen molar-refractivity contribution < 1.29 is 13.2 Å². The van der Waals surface area contributed by atoms with Crippen LogP contribution in [-0.4, -0.2) is 20.5 Å². The monoisotopic (exact) mass is 389 g/mol. The molecule has 2 aromatic carbocycles. The van der Waals surface area contributed by atoms with Gasteiger partial charge in [-0.15, -0.1) is 0 Å². The van der Waals surface area contributed by atoms with Crippen LogP contribution in [0.4, 0.5) is 17.2 Å². The van der Waals surface area contributed by atoms with Crippen LogP contribution in [0.1, 0.15) is 0 Å². The van der Waals surface area contributed by atoms with E-state index in [2.05, 4.69) is 15.0 Å². The van der Waals surface area contributed by atoms with Crippen LogP contribution in [0, 0.1) is 0 Å². The molecule has 6 nitrogen and oxygen atoms in total. The summed E-state index contributed by atoms with van der Waals surface area (Å²) in [5, 5.41) is 3.70. The summed E-state index contributed by atoms with van der Waals surface area (Å²) in [4.78, 5) is 4.31. The maximum Gasteiger partial charge on any atom is 0.263 e. The summed E-state index contributed by atoms with van der Waals surface area (Å²) in [5.74, 6) is 0.848. The molecule has 3 aromatic rings. The number of sulfonamides is 1. The van der Waals surface area contributed by atoms with E-state index >= 15 is 0 Å². The lowest BCUT2D eigenvalue weighted by Crippen LogP contribution is -2.13. The largest absolute Gasteiger partial charge is 0.495 e. The van der Waals surface area contributed by atoms with E-state index in [4.69, 9.17) is 16.3 Å². The maximum atomic E-state index is 12.3. The predicted octanol–water partition coefficient (Wildman–Crippen LogP) is 4.29. The van der Waals surface area contributed by atoms with Gasteiger partial charge < -0.3 is 10.1 Å². The molecule has 26 heavy (non-hydrogen) atoms. The summed E-state index contributed by atoms with van der Waals surface area (Å²) < 4.78 is 32.3. The number of nitrogens with one attached hydrogen (secondary N) is 2. The minimum atomic E-state index is -3.67. The number of anilines is 3. The molecule has 0 aliphatic heterocycles. The number of hydrogen-bond acceptors (Lipinski definition) is 5. The van der Waals surface area contributed by atoms with Gasteiger partial charge in [0.2, 0.25) is 0 Å². The van der Waals surface area contributed by atoms with Gasteiger partial charge in [0.25, 0.3) is 10.0 Å². The van der Waals surface area contributed by atoms with E-state index in [1.165, 1.54) is 18.3 Å². The first-order valence-corrected chi connectivity index (χ1v) is 9.48. The third-order valence-electron chi connectivity index (χ3n) is 3.50. The van der Waals surface area contributed by atoms with Crippen molar-refractivity contribution in [3.8, 4) is 5.75 Å². The van der Waals surface area contributed by atoms with Crippen molar-refractivity contribution >= 4 is 38.8 Å². The molecule has 0 saturated heterocycles. The van der Waals surface area contributed by atoms with Crippen LogP contribution >= 0.6 is 11.6 Å². The molecule has 2 N–H and O–H groups in total. The van der Waals surface area contributed by atoms with Gasteiger partial charge in [-0.2, -0.15) is 0 Å². The molecule has 0 spiro atoms. The lowest BCUT2D eigenvalue weighted by molar-refractivity contribution is 0.417. The Balaban J connectivity index is 1.76. The number of ether oxygens (including phenoxy) is 1. The van der Waals surface area contributed by atoms with Crippen molar-refractivity contribution in [2.75, 3.05) is 17.1 Å². The summed E-state index contributed by atoms with van der Waals surface area (Å²) in [6.45, 7) is 0. The van der Waals surface area contributed by atoms with Gasteiger partial charge in [-0.05, 0) is 42.5 Å². The smallest absolute Gasteiger partial charge is 0.263 e. The van der Waals surface area contributed by atoms with Gasteiger partial charge in [0, 0.05) is 5.02 Å². The Hall–Kier alpha value is -2.77. The Labute approximate surface area is 156 Å². The number of hydrogen-bond donors (Lipinski definition) is 2. The second-order valence-corrected chi connectivity index (χ2v) is 7.44. The Kier molecular flexibility index (Phi) is 5.29. The second kappa shape index (κ2) is 7.63. The predicted molar refractivity (Wildman–Crippen MR) is 103 cm³/mol. The third kappa shape index (κ3) is 4.25. The topological polar surface area (TPSA) is 80.3 Å². The number of methoxy groups -OCH3 is 1. The fourth-order valence-electron chi connectivity index (χ4n) is 2.26. The van der Waals surface area contributed by atoms with Crippen LogP contribution in [0.2, 0.25) is 5.02 Å². The molecule has 0 bridgehead atoms. The first kappa shape index (κ1) is 18.0. The Morgan fingerprint density at radius 2 is 1.81 bits per heavy atom. The SMILES string of the molecule is COc1ccc(Cl)cc1Nc1ccc(NS(=O)(=O)c2ccccc2)nc1. The van der Waals surface area contributed by atoms with Crippen molar-refractivity contribution in [2.24, 2.45) is 0 Å². The molecule has 0 saturated carbocycles.